The SMILES string of the molecule is O=[P]1CC2OC2C1. The number of ether oxygens (including phenoxy) is 1. The molecule has 0 N–H and O–H groups in total. The molecule has 2 rings (SSSR count). The van der Waals surface area contributed by atoms with Gasteiger partial charge in [-0.1, -0.05) is 0 Å². The largest absolute Gasteiger partial charge is 0.368 e. The molecule has 0 amide bonds. The van der Waals surface area contributed by atoms with Gasteiger partial charge in [0.15, 0.2) is 0 Å². The molecule has 2 unspecified atom stereocenters. The molecule has 0 bridgehead atoms. The van der Waals surface area contributed by atoms with E-state index in [2.05, 4.69) is 0 Å². The van der Waals surface area contributed by atoms with Gasteiger partial charge in [0.1, 0.15) is 0 Å². The molecule has 2 aliphatic rings. The molecule has 0 aromatic carbocycles. The van der Waals surface area contributed by atoms with Crippen LogP contribution in [0.25, 0.3) is 0 Å². The minimum atomic E-state index is -0.830. The molecular weight excluding hydrogens is 111 g/mol. The van der Waals surface area contributed by atoms with Gasteiger partial charge in [-0.3, -0.25) is 4.57 Å². The van der Waals surface area contributed by atoms with E-state index in [1.165, 1.54) is 0 Å². The van der Waals surface area contributed by atoms with E-state index in [9.17, 15) is 4.57 Å². The second kappa shape index (κ2) is 1.07. The minimum Gasteiger partial charge on any atom is -0.368 e. The van der Waals surface area contributed by atoms with E-state index in [0.717, 1.165) is 12.3 Å². The third kappa shape index (κ3) is 0.505. The van der Waals surface area contributed by atoms with Gasteiger partial charge in [-0.25, -0.2) is 0 Å². The Morgan fingerprint density at radius 3 is 2.29 bits per heavy atom. The molecule has 2 nitrogen and oxygen atoms in total. The van der Waals surface area contributed by atoms with Crippen molar-refractivity contribution in [3.8, 4) is 0 Å². The van der Waals surface area contributed by atoms with Crippen molar-refractivity contribution in [3.05, 3.63) is 0 Å². The molecule has 2 atom stereocenters. The molecule has 0 saturated carbocycles. The van der Waals surface area contributed by atoms with Gasteiger partial charge < -0.3 is 4.74 Å². The highest BCUT2D eigenvalue weighted by molar-refractivity contribution is 7.45. The molecule has 7 heavy (non-hydrogen) atoms. The second-order valence-corrected chi connectivity index (χ2v) is 3.75. The Balaban J connectivity index is 2.14. The first kappa shape index (κ1) is 3.99. The Bertz CT molecular complexity index is 111. The summed E-state index contributed by atoms with van der Waals surface area (Å²) in [7, 11) is -0.830. The first-order valence-electron chi connectivity index (χ1n) is 2.44. The van der Waals surface area contributed by atoms with Gasteiger partial charge in [0.25, 0.3) is 0 Å². The summed E-state index contributed by atoms with van der Waals surface area (Å²) in [6.45, 7) is 0. The van der Waals surface area contributed by atoms with Gasteiger partial charge in [-0.05, 0) is 0 Å². The molecule has 3 heteroatoms. The van der Waals surface area contributed by atoms with Crippen LogP contribution in [0.15, 0.2) is 0 Å². The molecule has 2 fully saturated rings. The molecule has 2 heterocycles. The summed E-state index contributed by atoms with van der Waals surface area (Å²) in [5.41, 5.74) is 0. The molecule has 1 radical (unpaired) electrons. The number of hydrogen-bond donors (Lipinski definition) is 0. The Morgan fingerprint density at radius 2 is 2.00 bits per heavy atom. The highest BCUT2D eigenvalue weighted by Gasteiger charge is 2.47. The maximum Gasteiger partial charge on any atom is 0.0948 e. The lowest BCUT2D eigenvalue weighted by Crippen LogP contribution is -1.82. The van der Waals surface area contributed by atoms with Crippen LogP contribution >= 0.6 is 7.80 Å². The monoisotopic (exact) mass is 117 g/mol. The third-order valence-electron chi connectivity index (χ3n) is 1.45. The number of hydrogen-bond acceptors (Lipinski definition) is 2. The van der Waals surface area contributed by atoms with E-state index in [-0.39, 0.29) is 0 Å². The van der Waals surface area contributed by atoms with Gasteiger partial charge >= 0.3 is 0 Å². The Hall–Kier alpha value is 0.0600. The lowest BCUT2D eigenvalue weighted by Gasteiger charge is -1.84. The van der Waals surface area contributed by atoms with Gasteiger partial charge in [0.2, 0.25) is 0 Å². The first-order chi connectivity index (χ1) is 3.36. The Morgan fingerprint density at radius 1 is 1.43 bits per heavy atom. The maximum absolute atomic E-state index is 10.6. The van der Waals surface area contributed by atoms with Gasteiger partial charge in [-0.15, -0.1) is 0 Å². The summed E-state index contributed by atoms with van der Waals surface area (Å²) in [6.07, 6.45) is 2.48. The molecular formula is C4H6O2P. The smallest absolute Gasteiger partial charge is 0.0948 e. The van der Waals surface area contributed by atoms with E-state index in [0.29, 0.717) is 12.2 Å². The van der Waals surface area contributed by atoms with Crippen LogP contribution in [0.4, 0.5) is 0 Å². The molecule has 0 aliphatic carbocycles. The van der Waals surface area contributed by atoms with E-state index in [4.69, 9.17) is 4.74 Å². The van der Waals surface area contributed by atoms with Crippen molar-refractivity contribution in [2.75, 3.05) is 12.3 Å². The quantitative estimate of drug-likeness (QED) is 0.343. The van der Waals surface area contributed by atoms with Crippen LogP contribution in [0.5, 0.6) is 0 Å². The predicted molar refractivity (Wildman–Crippen MR) is 26.0 cm³/mol. The predicted octanol–water partition coefficient (Wildman–Crippen LogP) is 0.595. The number of rotatable bonds is 0. The van der Waals surface area contributed by atoms with E-state index >= 15 is 0 Å². The summed E-state index contributed by atoms with van der Waals surface area (Å²) in [4.78, 5) is 0. The van der Waals surface area contributed by atoms with Crippen LogP contribution in [0, 0.1) is 0 Å². The standard InChI is InChI=1S/C4H6O2P/c5-7-1-3-4(2-7)6-3/h3-4H,1-2H2. The van der Waals surface area contributed by atoms with Crippen molar-refractivity contribution in [2.45, 2.75) is 12.2 Å². The molecule has 39 valence electrons. The zero-order valence-corrected chi connectivity index (χ0v) is 4.73. The summed E-state index contributed by atoms with van der Waals surface area (Å²) in [6, 6.07) is 0. The third-order valence-corrected chi connectivity index (χ3v) is 2.99. The molecule has 0 spiro atoms. The van der Waals surface area contributed by atoms with E-state index in [1.54, 1.807) is 0 Å². The molecule has 0 aromatic heterocycles. The van der Waals surface area contributed by atoms with Crippen molar-refractivity contribution in [1.29, 1.82) is 0 Å². The Kier molecular flexibility index (Phi) is 0.608. The second-order valence-electron chi connectivity index (χ2n) is 2.06. The van der Waals surface area contributed by atoms with Gasteiger partial charge in [0.05, 0.1) is 20.0 Å². The topological polar surface area (TPSA) is 29.6 Å². The van der Waals surface area contributed by atoms with Crippen LogP contribution in [0.3, 0.4) is 0 Å². The maximum atomic E-state index is 10.6. The molecule has 0 aromatic rings. The minimum absolute atomic E-state index is 0.406. The van der Waals surface area contributed by atoms with Crippen LogP contribution in [0.1, 0.15) is 0 Å². The highest BCUT2D eigenvalue weighted by atomic mass is 31.1. The zero-order valence-electron chi connectivity index (χ0n) is 3.83. The average molecular weight is 117 g/mol. The van der Waals surface area contributed by atoms with Crippen molar-refractivity contribution >= 4 is 7.80 Å². The van der Waals surface area contributed by atoms with Crippen LogP contribution in [-0.2, 0) is 9.30 Å². The van der Waals surface area contributed by atoms with Crippen molar-refractivity contribution < 1.29 is 9.30 Å². The number of fused-ring (bicyclic) bond motifs is 1. The van der Waals surface area contributed by atoms with Crippen molar-refractivity contribution in [3.63, 3.8) is 0 Å². The summed E-state index contributed by atoms with van der Waals surface area (Å²) >= 11 is 0. The summed E-state index contributed by atoms with van der Waals surface area (Å²) in [5, 5.41) is 0. The van der Waals surface area contributed by atoms with E-state index in [1.807, 2.05) is 0 Å². The van der Waals surface area contributed by atoms with E-state index < -0.39 is 7.80 Å². The number of epoxide rings is 1. The highest BCUT2D eigenvalue weighted by Crippen LogP contribution is 2.44. The van der Waals surface area contributed by atoms with Gasteiger partial charge in [0, 0.05) is 12.3 Å². The Labute approximate surface area is 42.6 Å². The fraction of sp³-hybridized carbons (Fsp3) is 1.00. The van der Waals surface area contributed by atoms with Crippen LogP contribution in [-0.4, -0.2) is 24.5 Å². The van der Waals surface area contributed by atoms with Crippen molar-refractivity contribution in [1.82, 2.24) is 0 Å². The summed E-state index contributed by atoms with van der Waals surface area (Å²) < 4.78 is 15.6. The first-order valence-corrected chi connectivity index (χ1v) is 4.07. The molecule has 2 aliphatic heterocycles. The lowest BCUT2D eigenvalue weighted by molar-refractivity contribution is 0.382. The fourth-order valence-electron chi connectivity index (χ4n) is 0.976. The summed E-state index contributed by atoms with van der Waals surface area (Å²) in [5.74, 6) is 0. The van der Waals surface area contributed by atoms with Crippen molar-refractivity contribution in [2.24, 2.45) is 0 Å². The van der Waals surface area contributed by atoms with Gasteiger partial charge in [-0.2, -0.15) is 0 Å². The van der Waals surface area contributed by atoms with Crippen LogP contribution in [0.2, 0.25) is 0 Å². The fourth-order valence-corrected chi connectivity index (χ4v) is 2.57. The van der Waals surface area contributed by atoms with Crippen LogP contribution < -0.4 is 0 Å². The average Bonchev–Trinajstić information content (AvgIpc) is 2.15. The lowest BCUT2D eigenvalue weighted by atomic mass is 10.4. The normalized spacial score (nSPS) is 51.7. The molecule has 2 saturated heterocycles. The zero-order chi connectivity index (χ0) is 4.85.